The van der Waals surface area contributed by atoms with Crippen LogP contribution in [-0.2, 0) is 24.1 Å². The Labute approximate surface area is 190 Å². The van der Waals surface area contributed by atoms with Gasteiger partial charge in [-0.05, 0) is 42.7 Å². The largest absolute Gasteiger partial charge is 0.416 e. The van der Waals surface area contributed by atoms with Gasteiger partial charge in [0.1, 0.15) is 11.1 Å². The summed E-state index contributed by atoms with van der Waals surface area (Å²) in [6.45, 7) is 2.12. The van der Waals surface area contributed by atoms with Gasteiger partial charge < -0.3 is 9.73 Å². The van der Waals surface area contributed by atoms with E-state index in [1.54, 1.807) is 11.3 Å². The lowest BCUT2D eigenvalue weighted by molar-refractivity contribution is -0.113. The average molecular weight is 453 g/mol. The molecule has 2 heterocycles. The van der Waals surface area contributed by atoms with Crippen molar-refractivity contribution in [1.29, 1.82) is 5.26 Å². The highest BCUT2D eigenvalue weighted by molar-refractivity contribution is 7.99. The van der Waals surface area contributed by atoms with Gasteiger partial charge in [-0.2, -0.15) is 5.26 Å². The molecule has 2 aromatic heterocycles. The molecule has 0 fully saturated rings. The molecule has 0 aliphatic heterocycles. The lowest BCUT2D eigenvalue weighted by atomic mass is 9.98. The standard InChI is InChI=1S/C23H24N4O2S2/c1-15(16-8-4-2-5-9-16)12-21-26-27-23(29-21)30-14-20(28)25-22-18(13-24)17-10-6-3-7-11-19(17)31-22/h2,4-5,8-9,15H,3,6-7,10-12,14H2,1H3,(H,25,28). The first-order valence-electron chi connectivity index (χ1n) is 10.5. The fourth-order valence-electron chi connectivity index (χ4n) is 3.78. The molecule has 1 atom stereocenters. The van der Waals surface area contributed by atoms with Crippen molar-refractivity contribution in [2.45, 2.75) is 56.6 Å². The Balaban J connectivity index is 1.32. The molecule has 4 rings (SSSR count). The Morgan fingerprint density at radius 1 is 1.26 bits per heavy atom. The lowest BCUT2D eigenvalue weighted by Gasteiger charge is -2.08. The van der Waals surface area contributed by atoms with Crippen LogP contribution in [0.5, 0.6) is 0 Å². The summed E-state index contributed by atoms with van der Waals surface area (Å²) in [5.41, 5.74) is 2.98. The van der Waals surface area contributed by atoms with Crippen molar-refractivity contribution in [2.24, 2.45) is 0 Å². The Morgan fingerprint density at radius 2 is 2.06 bits per heavy atom. The predicted octanol–water partition coefficient (Wildman–Crippen LogP) is 5.35. The highest BCUT2D eigenvalue weighted by Gasteiger charge is 2.21. The summed E-state index contributed by atoms with van der Waals surface area (Å²) in [6, 6.07) is 12.5. The number of thioether (sulfide) groups is 1. The first-order valence-corrected chi connectivity index (χ1v) is 12.3. The molecule has 1 aliphatic rings. The van der Waals surface area contributed by atoms with E-state index >= 15 is 0 Å². The fourth-order valence-corrected chi connectivity index (χ4v) is 5.62. The minimum absolute atomic E-state index is 0.156. The van der Waals surface area contributed by atoms with Crippen LogP contribution < -0.4 is 5.32 Å². The van der Waals surface area contributed by atoms with E-state index in [4.69, 9.17) is 4.42 Å². The van der Waals surface area contributed by atoms with E-state index < -0.39 is 0 Å². The Morgan fingerprint density at radius 3 is 2.87 bits per heavy atom. The number of thiophene rings is 1. The second-order valence-electron chi connectivity index (χ2n) is 7.69. The van der Waals surface area contributed by atoms with Crippen LogP contribution in [0, 0.1) is 11.3 Å². The SMILES string of the molecule is CC(Cc1nnc(SCC(=O)Nc2sc3c(c2C#N)CCCCC3)o1)c1ccccc1. The number of benzene rings is 1. The first kappa shape index (κ1) is 21.6. The number of rotatable bonds is 7. The van der Waals surface area contributed by atoms with Crippen molar-refractivity contribution in [3.8, 4) is 6.07 Å². The molecule has 31 heavy (non-hydrogen) atoms. The third-order valence-electron chi connectivity index (χ3n) is 5.41. The molecule has 6 nitrogen and oxygen atoms in total. The molecule has 3 aromatic rings. The van der Waals surface area contributed by atoms with Gasteiger partial charge in [-0.25, -0.2) is 0 Å². The van der Waals surface area contributed by atoms with E-state index in [2.05, 4.69) is 40.6 Å². The van der Waals surface area contributed by atoms with Crippen LogP contribution in [0.4, 0.5) is 5.00 Å². The highest BCUT2D eigenvalue weighted by Crippen LogP contribution is 2.37. The van der Waals surface area contributed by atoms with Gasteiger partial charge in [-0.15, -0.1) is 21.5 Å². The summed E-state index contributed by atoms with van der Waals surface area (Å²) in [4.78, 5) is 13.7. The zero-order chi connectivity index (χ0) is 21.6. The Kier molecular flexibility index (Phi) is 7.05. The second-order valence-corrected chi connectivity index (χ2v) is 9.73. The van der Waals surface area contributed by atoms with Crippen molar-refractivity contribution in [2.75, 3.05) is 11.1 Å². The fraction of sp³-hybridized carbons (Fsp3) is 0.391. The molecule has 0 saturated heterocycles. The van der Waals surface area contributed by atoms with Crippen LogP contribution in [-0.4, -0.2) is 21.9 Å². The molecular weight excluding hydrogens is 428 g/mol. The van der Waals surface area contributed by atoms with Crippen molar-refractivity contribution in [3.05, 3.63) is 57.8 Å². The molecule has 1 aliphatic carbocycles. The quantitative estimate of drug-likeness (QED) is 0.384. The summed E-state index contributed by atoms with van der Waals surface area (Å²) >= 11 is 2.76. The van der Waals surface area contributed by atoms with Crippen LogP contribution >= 0.6 is 23.1 Å². The van der Waals surface area contributed by atoms with E-state index in [1.807, 2.05) is 18.2 Å². The van der Waals surface area contributed by atoms with Gasteiger partial charge in [0.2, 0.25) is 11.8 Å². The van der Waals surface area contributed by atoms with E-state index in [9.17, 15) is 10.1 Å². The maximum atomic E-state index is 12.5. The average Bonchev–Trinajstić information content (AvgIpc) is 3.28. The molecule has 0 radical (unpaired) electrons. The van der Waals surface area contributed by atoms with Crippen molar-refractivity contribution >= 4 is 34.0 Å². The molecule has 160 valence electrons. The number of nitrogens with zero attached hydrogens (tertiary/aromatic N) is 3. The second kappa shape index (κ2) is 10.1. The molecule has 1 unspecified atom stereocenters. The Bertz CT molecular complexity index is 1080. The van der Waals surface area contributed by atoms with Crippen LogP contribution in [0.2, 0.25) is 0 Å². The van der Waals surface area contributed by atoms with Crippen LogP contribution in [0.15, 0.2) is 40.0 Å². The molecule has 0 spiro atoms. The number of amides is 1. The van der Waals surface area contributed by atoms with Gasteiger partial charge in [-0.3, -0.25) is 4.79 Å². The van der Waals surface area contributed by atoms with Gasteiger partial charge in [0.15, 0.2) is 0 Å². The first-order chi connectivity index (χ1) is 15.1. The number of carbonyl (C=O) groups is 1. The van der Waals surface area contributed by atoms with Crippen LogP contribution in [0.1, 0.15) is 59.6 Å². The number of aromatic nitrogens is 2. The van der Waals surface area contributed by atoms with Crippen molar-refractivity contribution in [1.82, 2.24) is 10.2 Å². The summed E-state index contributed by atoms with van der Waals surface area (Å²) in [5.74, 6) is 0.813. The summed E-state index contributed by atoms with van der Waals surface area (Å²) in [7, 11) is 0. The van der Waals surface area contributed by atoms with E-state index in [0.717, 1.165) is 31.2 Å². The number of anilines is 1. The zero-order valence-electron chi connectivity index (χ0n) is 17.4. The number of carbonyl (C=O) groups excluding carboxylic acids is 1. The Hall–Kier alpha value is -2.63. The number of nitrogens with one attached hydrogen (secondary N) is 1. The van der Waals surface area contributed by atoms with Gasteiger partial charge in [0.25, 0.3) is 5.22 Å². The lowest BCUT2D eigenvalue weighted by Crippen LogP contribution is -2.14. The minimum atomic E-state index is -0.171. The van der Waals surface area contributed by atoms with Crippen molar-refractivity contribution in [3.63, 3.8) is 0 Å². The molecule has 8 heteroatoms. The minimum Gasteiger partial charge on any atom is -0.416 e. The van der Waals surface area contributed by atoms with Gasteiger partial charge in [-0.1, -0.05) is 55.4 Å². The maximum Gasteiger partial charge on any atom is 0.277 e. The van der Waals surface area contributed by atoms with Crippen LogP contribution in [0.25, 0.3) is 0 Å². The summed E-state index contributed by atoms with van der Waals surface area (Å²) in [6.07, 6.45) is 6.00. The molecular formula is C23H24N4O2S2. The highest BCUT2D eigenvalue weighted by atomic mass is 32.2. The maximum absolute atomic E-state index is 12.5. The monoisotopic (exact) mass is 452 g/mol. The molecule has 0 bridgehead atoms. The molecule has 1 amide bonds. The normalized spacial score (nSPS) is 14.3. The third kappa shape index (κ3) is 5.35. The summed E-state index contributed by atoms with van der Waals surface area (Å²) < 4.78 is 5.71. The third-order valence-corrected chi connectivity index (χ3v) is 7.44. The number of nitriles is 1. The molecule has 1 N–H and O–H groups in total. The number of hydrogen-bond acceptors (Lipinski definition) is 7. The van der Waals surface area contributed by atoms with E-state index in [-0.39, 0.29) is 17.6 Å². The van der Waals surface area contributed by atoms with Gasteiger partial charge in [0.05, 0.1) is 11.3 Å². The van der Waals surface area contributed by atoms with Gasteiger partial charge >= 0.3 is 0 Å². The number of hydrogen-bond donors (Lipinski definition) is 1. The predicted molar refractivity (Wildman–Crippen MR) is 123 cm³/mol. The topological polar surface area (TPSA) is 91.8 Å². The van der Waals surface area contributed by atoms with Gasteiger partial charge in [0, 0.05) is 11.3 Å². The van der Waals surface area contributed by atoms with E-state index in [0.29, 0.717) is 28.1 Å². The smallest absolute Gasteiger partial charge is 0.277 e. The van der Waals surface area contributed by atoms with Crippen LogP contribution in [0.3, 0.4) is 0 Å². The van der Waals surface area contributed by atoms with Crippen molar-refractivity contribution < 1.29 is 9.21 Å². The number of fused-ring (bicyclic) bond motifs is 1. The zero-order valence-corrected chi connectivity index (χ0v) is 19.0. The molecule has 0 saturated carbocycles. The molecule has 1 aromatic carbocycles. The summed E-state index contributed by atoms with van der Waals surface area (Å²) in [5, 5.41) is 21.7. The number of aryl methyl sites for hydroxylation is 1. The van der Waals surface area contributed by atoms with E-state index in [1.165, 1.54) is 28.6 Å².